The summed E-state index contributed by atoms with van der Waals surface area (Å²) in [7, 11) is 3.09. The van der Waals surface area contributed by atoms with Crippen molar-refractivity contribution in [3.8, 4) is 6.07 Å². The fraction of sp³-hybridized carbons (Fsp3) is 0.222. The Bertz CT molecular complexity index is 944. The molecule has 3 aromatic rings. The number of thiazole rings is 1. The molecule has 150 valence electrons. The van der Waals surface area contributed by atoms with Gasteiger partial charge in [-0.05, 0) is 18.2 Å². The number of methoxy groups -OCH3 is 1. The van der Waals surface area contributed by atoms with Gasteiger partial charge in [0.1, 0.15) is 19.6 Å². The zero-order valence-electron chi connectivity index (χ0n) is 17.5. The van der Waals surface area contributed by atoms with Crippen LogP contribution in [-0.2, 0) is 16.3 Å². The molecule has 0 aliphatic heterocycles. The Labute approximate surface area is 228 Å². The standard InChI is InChI=1S/C15H10ClN3O2S.2CH3O.CH2O.2Na/c1-21-8-19-6-12(11-4-9(16)2-3-13(11)19)14(20)15-18-10(5-17)7-22-15;3*1-2;;/h2-4,6-7H,8H2,1H3;2*1H3;1H2;;/q;2*-1;;2*+1. The van der Waals surface area contributed by atoms with Crippen molar-refractivity contribution in [2.24, 2.45) is 0 Å². The molecule has 3 rings (SSSR count). The zero-order chi connectivity index (χ0) is 21.7. The van der Waals surface area contributed by atoms with E-state index in [1.54, 1.807) is 30.8 Å². The predicted molar refractivity (Wildman–Crippen MR) is 103 cm³/mol. The molecule has 0 saturated heterocycles. The van der Waals surface area contributed by atoms with Crippen molar-refractivity contribution in [3.63, 3.8) is 0 Å². The quantitative estimate of drug-likeness (QED) is 0.277. The molecule has 2 aromatic heterocycles. The third-order valence-corrected chi connectivity index (χ3v) is 4.25. The Hall–Kier alpha value is -0.610. The second-order valence-electron chi connectivity index (χ2n) is 4.57. The molecule has 12 heteroatoms. The average molecular weight is 470 g/mol. The van der Waals surface area contributed by atoms with E-state index in [9.17, 15) is 4.79 Å². The number of nitriles is 1. The van der Waals surface area contributed by atoms with E-state index >= 15 is 0 Å². The van der Waals surface area contributed by atoms with E-state index in [1.807, 2.05) is 23.5 Å². The molecular formula is C18H18ClN3Na2O5S. The van der Waals surface area contributed by atoms with E-state index in [4.69, 9.17) is 36.6 Å². The van der Waals surface area contributed by atoms with Gasteiger partial charge in [0, 0.05) is 29.1 Å². The monoisotopic (exact) mass is 469 g/mol. The van der Waals surface area contributed by atoms with Crippen LogP contribution in [0.5, 0.6) is 0 Å². The summed E-state index contributed by atoms with van der Waals surface area (Å²) in [6, 6.07) is 7.28. The van der Waals surface area contributed by atoms with Gasteiger partial charge in [-0.2, -0.15) is 19.5 Å². The molecule has 0 fully saturated rings. The number of hydrogen-bond donors (Lipinski definition) is 0. The van der Waals surface area contributed by atoms with Crippen LogP contribution < -0.4 is 69.3 Å². The van der Waals surface area contributed by atoms with Crippen LogP contribution in [0.1, 0.15) is 21.1 Å². The minimum atomic E-state index is -0.228. The number of fused-ring (bicyclic) bond motifs is 1. The van der Waals surface area contributed by atoms with Crippen LogP contribution in [0.25, 0.3) is 10.9 Å². The predicted octanol–water partition coefficient (Wildman–Crippen LogP) is -4.77. The smallest absolute Gasteiger partial charge is 0.857 e. The molecule has 0 radical (unpaired) electrons. The van der Waals surface area contributed by atoms with Gasteiger partial charge in [-0.1, -0.05) is 11.6 Å². The maximum absolute atomic E-state index is 12.7. The third-order valence-electron chi connectivity index (χ3n) is 3.17. The molecule has 0 saturated carbocycles. The second-order valence-corrected chi connectivity index (χ2v) is 5.87. The summed E-state index contributed by atoms with van der Waals surface area (Å²) in [5.41, 5.74) is 1.59. The van der Waals surface area contributed by atoms with E-state index in [1.165, 1.54) is 0 Å². The largest absolute Gasteiger partial charge is 1.00 e. The van der Waals surface area contributed by atoms with E-state index in [0.717, 1.165) is 36.5 Å². The van der Waals surface area contributed by atoms with Crippen LogP contribution >= 0.6 is 22.9 Å². The molecule has 1 aromatic carbocycles. The molecule has 0 atom stereocenters. The van der Waals surface area contributed by atoms with Crippen molar-refractivity contribution < 1.29 is 83.7 Å². The van der Waals surface area contributed by atoms with Gasteiger partial charge in [0.25, 0.3) is 0 Å². The van der Waals surface area contributed by atoms with Crippen molar-refractivity contribution in [2.45, 2.75) is 6.73 Å². The molecule has 2 heterocycles. The number of hydrogen-bond acceptors (Lipinski definition) is 8. The Morgan fingerprint density at radius 2 is 1.90 bits per heavy atom. The first-order chi connectivity index (χ1) is 13.6. The van der Waals surface area contributed by atoms with Crippen LogP contribution in [0.2, 0.25) is 5.02 Å². The number of halogens is 1. The first-order valence-corrected chi connectivity index (χ1v) is 8.68. The number of carbonyl (C=O) groups is 2. The van der Waals surface area contributed by atoms with Gasteiger partial charge in [-0.25, -0.2) is 4.98 Å². The number of rotatable bonds is 4. The first kappa shape index (κ1) is 34.0. The number of benzene rings is 1. The van der Waals surface area contributed by atoms with Crippen molar-refractivity contribution >= 4 is 46.4 Å². The minimum absolute atomic E-state index is 0. The van der Waals surface area contributed by atoms with Gasteiger partial charge < -0.3 is 24.3 Å². The number of nitrogens with zero attached hydrogens (tertiary/aromatic N) is 3. The molecule has 30 heavy (non-hydrogen) atoms. The molecular weight excluding hydrogens is 452 g/mol. The van der Waals surface area contributed by atoms with Crippen molar-refractivity contribution in [3.05, 3.63) is 51.1 Å². The van der Waals surface area contributed by atoms with Gasteiger partial charge in [0.2, 0.25) is 5.78 Å². The van der Waals surface area contributed by atoms with Gasteiger partial charge in [0.15, 0.2) is 10.7 Å². The summed E-state index contributed by atoms with van der Waals surface area (Å²) in [5.74, 6) is -0.228. The summed E-state index contributed by atoms with van der Waals surface area (Å²) < 4.78 is 6.98. The molecule has 0 bridgehead atoms. The Kier molecular flexibility index (Phi) is 21.7. The number of carbonyl (C=O) groups excluding carboxylic acids is 2. The van der Waals surface area contributed by atoms with Gasteiger partial charge in [-0.15, -0.1) is 11.3 Å². The Balaban J connectivity index is -0.000000839. The van der Waals surface area contributed by atoms with E-state index < -0.39 is 0 Å². The molecule has 8 nitrogen and oxygen atoms in total. The third kappa shape index (κ3) is 8.86. The van der Waals surface area contributed by atoms with Crippen LogP contribution in [0.3, 0.4) is 0 Å². The number of aromatic nitrogens is 2. The summed E-state index contributed by atoms with van der Waals surface area (Å²) in [6.45, 7) is 2.33. The molecule has 0 unspecified atom stereocenters. The molecule has 0 spiro atoms. The van der Waals surface area contributed by atoms with Crippen LogP contribution in [0, 0.1) is 11.3 Å². The van der Waals surface area contributed by atoms with Crippen LogP contribution in [0.4, 0.5) is 0 Å². The Morgan fingerprint density at radius 1 is 1.30 bits per heavy atom. The SMILES string of the molecule is C=O.COCn1cc(C(=O)c2nc(C#N)cs2)c2cc(Cl)ccc21.C[O-].C[O-].[Na+].[Na+]. The molecule has 0 amide bonds. The maximum atomic E-state index is 12.7. The molecule has 0 aliphatic carbocycles. The van der Waals surface area contributed by atoms with E-state index in [-0.39, 0.29) is 75.6 Å². The van der Waals surface area contributed by atoms with Crippen molar-refractivity contribution in [2.75, 3.05) is 21.3 Å². The summed E-state index contributed by atoms with van der Waals surface area (Å²) >= 11 is 7.20. The zero-order valence-corrected chi connectivity index (χ0v) is 23.0. The van der Waals surface area contributed by atoms with Gasteiger partial charge >= 0.3 is 59.1 Å². The minimum Gasteiger partial charge on any atom is -0.857 e. The second kappa shape index (κ2) is 19.1. The summed E-state index contributed by atoms with van der Waals surface area (Å²) in [5, 5.41) is 28.5. The summed E-state index contributed by atoms with van der Waals surface area (Å²) in [6.07, 6.45) is 1.72. The number of ether oxygens (including phenoxy) is 1. The topological polar surface area (TPSA) is 131 Å². The van der Waals surface area contributed by atoms with E-state index in [0.29, 0.717) is 17.3 Å². The van der Waals surface area contributed by atoms with Crippen LogP contribution in [0.15, 0.2) is 29.8 Å². The van der Waals surface area contributed by atoms with Gasteiger partial charge in [0.05, 0.1) is 11.1 Å². The molecule has 0 N–H and O–H groups in total. The number of ketones is 1. The van der Waals surface area contributed by atoms with Gasteiger partial charge in [-0.3, -0.25) is 4.79 Å². The maximum Gasteiger partial charge on any atom is 1.00 e. The van der Waals surface area contributed by atoms with E-state index in [2.05, 4.69) is 4.98 Å². The normalized spacial score (nSPS) is 8.43. The molecule has 0 aliphatic rings. The first-order valence-electron chi connectivity index (χ1n) is 7.42. The van der Waals surface area contributed by atoms with Crippen molar-refractivity contribution in [1.82, 2.24) is 9.55 Å². The summed E-state index contributed by atoms with van der Waals surface area (Å²) in [4.78, 5) is 24.7. The van der Waals surface area contributed by atoms with Crippen molar-refractivity contribution in [1.29, 1.82) is 5.26 Å². The van der Waals surface area contributed by atoms with Crippen LogP contribution in [-0.4, -0.2) is 43.5 Å². The Morgan fingerprint density at radius 3 is 2.40 bits per heavy atom. The fourth-order valence-corrected chi connectivity index (χ4v) is 3.11. The fourth-order valence-electron chi connectivity index (χ4n) is 2.24. The average Bonchev–Trinajstić information content (AvgIpc) is 3.37.